The zero-order valence-electron chi connectivity index (χ0n) is 11.3. The Morgan fingerprint density at radius 3 is 2.72 bits per heavy atom. The highest BCUT2D eigenvalue weighted by atomic mass is 16.5. The molecule has 0 aliphatic carbocycles. The topological polar surface area (TPSA) is 65.3 Å². The fourth-order valence-electron chi connectivity index (χ4n) is 1.56. The molecule has 0 fully saturated rings. The molecular formula is C14H20N2O2. The summed E-state index contributed by atoms with van der Waals surface area (Å²) in [5, 5.41) is 22.0. The maximum atomic E-state index is 9.83. The second kappa shape index (κ2) is 5.74. The normalized spacial score (nSPS) is 12.8. The number of ether oxygens (including phenoxy) is 1. The van der Waals surface area contributed by atoms with Gasteiger partial charge in [0.05, 0.1) is 18.6 Å². The van der Waals surface area contributed by atoms with E-state index in [4.69, 9.17) is 10.00 Å². The Morgan fingerprint density at radius 2 is 2.17 bits per heavy atom. The van der Waals surface area contributed by atoms with Crippen molar-refractivity contribution in [3.05, 3.63) is 23.8 Å². The number of benzene rings is 1. The molecule has 1 aromatic carbocycles. The molecule has 0 heterocycles. The quantitative estimate of drug-likeness (QED) is 0.840. The van der Waals surface area contributed by atoms with E-state index in [2.05, 4.69) is 11.4 Å². The van der Waals surface area contributed by atoms with Gasteiger partial charge in [0.2, 0.25) is 0 Å². The molecule has 1 unspecified atom stereocenters. The summed E-state index contributed by atoms with van der Waals surface area (Å²) in [6, 6.07) is 7.31. The van der Waals surface area contributed by atoms with Gasteiger partial charge in [-0.05, 0) is 39.0 Å². The molecular weight excluding hydrogens is 228 g/mol. The van der Waals surface area contributed by atoms with E-state index < -0.39 is 5.41 Å². The van der Waals surface area contributed by atoms with Crippen molar-refractivity contribution in [1.82, 2.24) is 5.32 Å². The predicted molar refractivity (Wildman–Crippen MR) is 70.5 cm³/mol. The van der Waals surface area contributed by atoms with Crippen LogP contribution in [0.1, 0.15) is 32.4 Å². The third-order valence-corrected chi connectivity index (χ3v) is 2.85. The van der Waals surface area contributed by atoms with E-state index in [0.717, 1.165) is 5.56 Å². The van der Waals surface area contributed by atoms with Gasteiger partial charge >= 0.3 is 0 Å². The molecule has 18 heavy (non-hydrogen) atoms. The van der Waals surface area contributed by atoms with Crippen LogP contribution in [0.15, 0.2) is 18.2 Å². The molecule has 1 atom stereocenters. The van der Waals surface area contributed by atoms with Gasteiger partial charge in [-0.25, -0.2) is 0 Å². The van der Waals surface area contributed by atoms with Crippen LogP contribution >= 0.6 is 0 Å². The molecule has 0 spiro atoms. The molecule has 0 aromatic heterocycles. The lowest BCUT2D eigenvalue weighted by molar-refractivity contribution is 0.394. The number of hydrogen-bond donors (Lipinski definition) is 2. The zero-order valence-corrected chi connectivity index (χ0v) is 11.3. The smallest absolute Gasteiger partial charge is 0.120 e. The van der Waals surface area contributed by atoms with E-state index >= 15 is 0 Å². The van der Waals surface area contributed by atoms with Crippen LogP contribution in [0.3, 0.4) is 0 Å². The first kappa shape index (κ1) is 14.3. The largest absolute Gasteiger partial charge is 0.508 e. The van der Waals surface area contributed by atoms with E-state index in [-0.39, 0.29) is 11.8 Å². The first-order valence-electron chi connectivity index (χ1n) is 5.91. The lowest BCUT2D eigenvalue weighted by atomic mass is 9.95. The van der Waals surface area contributed by atoms with E-state index in [1.165, 1.54) is 0 Å². The van der Waals surface area contributed by atoms with Crippen LogP contribution in [0, 0.1) is 16.7 Å². The molecule has 4 nitrogen and oxygen atoms in total. The maximum Gasteiger partial charge on any atom is 0.120 e. The van der Waals surface area contributed by atoms with Gasteiger partial charge in [-0.2, -0.15) is 5.26 Å². The summed E-state index contributed by atoms with van der Waals surface area (Å²) in [4.78, 5) is 0. The van der Waals surface area contributed by atoms with Gasteiger partial charge in [-0.3, -0.25) is 0 Å². The molecule has 1 aromatic rings. The van der Waals surface area contributed by atoms with Gasteiger partial charge in [-0.1, -0.05) is 0 Å². The minimum absolute atomic E-state index is 0.0484. The van der Waals surface area contributed by atoms with Crippen LogP contribution in [-0.4, -0.2) is 18.8 Å². The lowest BCUT2D eigenvalue weighted by Gasteiger charge is -2.21. The van der Waals surface area contributed by atoms with Crippen molar-refractivity contribution in [2.75, 3.05) is 13.7 Å². The van der Waals surface area contributed by atoms with E-state index in [1.807, 2.05) is 20.8 Å². The van der Waals surface area contributed by atoms with Gasteiger partial charge < -0.3 is 15.2 Å². The Hall–Kier alpha value is -1.73. The van der Waals surface area contributed by atoms with Crippen LogP contribution in [0.25, 0.3) is 0 Å². The first-order chi connectivity index (χ1) is 8.39. The number of methoxy groups -OCH3 is 1. The van der Waals surface area contributed by atoms with Gasteiger partial charge in [0.15, 0.2) is 0 Å². The molecule has 0 aliphatic heterocycles. The number of nitriles is 1. The summed E-state index contributed by atoms with van der Waals surface area (Å²) in [6.45, 7) is 6.25. The molecule has 0 bridgehead atoms. The number of rotatable bonds is 5. The summed E-state index contributed by atoms with van der Waals surface area (Å²) in [5.41, 5.74) is 0.339. The first-order valence-corrected chi connectivity index (χ1v) is 5.91. The number of nitrogens with one attached hydrogen (secondary N) is 1. The molecule has 0 amide bonds. The summed E-state index contributed by atoms with van der Waals surface area (Å²) in [7, 11) is 1.59. The summed E-state index contributed by atoms with van der Waals surface area (Å²) in [5.74, 6) is 0.932. The monoisotopic (exact) mass is 248 g/mol. The van der Waals surface area contributed by atoms with Crippen molar-refractivity contribution in [2.45, 2.75) is 26.8 Å². The van der Waals surface area contributed by atoms with Gasteiger partial charge in [-0.15, -0.1) is 0 Å². The van der Waals surface area contributed by atoms with Crippen LogP contribution in [-0.2, 0) is 0 Å². The minimum atomic E-state index is -0.428. The minimum Gasteiger partial charge on any atom is -0.508 e. The highest BCUT2D eigenvalue weighted by Gasteiger charge is 2.19. The molecule has 4 heteroatoms. The van der Waals surface area contributed by atoms with Gasteiger partial charge in [0.25, 0.3) is 0 Å². The molecule has 0 saturated carbocycles. The Bertz CT molecular complexity index is 450. The van der Waals surface area contributed by atoms with Crippen molar-refractivity contribution in [2.24, 2.45) is 5.41 Å². The molecule has 0 aliphatic rings. The number of phenolic OH excluding ortho intramolecular Hbond substituents is 1. The third kappa shape index (κ3) is 3.64. The zero-order chi connectivity index (χ0) is 13.8. The van der Waals surface area contributed by atoms with Crippen molar-refractivity contribution in [3.63, 3.8) is 0 Å². The van der Waals surface area contributed by atoms with Crippen molar-refractivity contribution < 1.29 is 9.84 Å². The Kier molecular flexibility index (Phi) is 4.57. The van der Waals surface area contributed by atoms with Crippen molar-refractivity contribution in [1.29, 1.82) is 5.26 Å². The van der Waals surface area contributed by atoms with E-state index in [9.17, 15) is 5.11 Å². The second-order valence-corrected chi connectivity index (χ2v) is 5.02. The number of aromatic hydroxyl groups is 1. The van der Waals surface area contributed by atoms with Gasteiger partial charge in [0.1, 0.15) is 11.5 Å². The van der Waals surface area contributed by atoms with E-state index in [0.29, 0.717) is 12.3 Å². The second-order valence-electron chi connectivity index (χ2n) is 5.02. The molecule has 98 valence electrons. The highest BCUT2D eigenvalue weighted by Crippen LogP contribution is 2.28. The summed E-state index contributed by atoms with van der Waals surface area (Å²) in [6.07, 6.45) is 0. The third-order valence-electron chi connectivity index (χ3n) is 2.85. The SMILES string of the molecule is COc1ccc(O)c(C(C)NCC(C)(C)C#N)c1. The number of nitrogens with zero attached hydrogens (tertiary/aromatic N) is 1. The maximum absolute atomic E-state index is 9.83. The highest BCUT2D eigenvalue weighted by molar-refractivity contribution is 5.41. The van der Waals surface area contributed by atoms with E-state index in [1.54, 1.807) is 25.3 Å². The van der Waals surface area contributed by atoms with Crippen LogP contribution < -0.4 is 10.1 Å². The summed E-state index contributed by atoms with van der Waals surface area (Å²) >= 11 is 0. The molecule has 0 saturated heterocycles. The fourth-order valence-corrected chi connectivity index (χ4v) is 1.56. The van der Waals surface area contributed by atoms with Crippen molar-refractivity contribution in [3.8, 4) is 17.6 Å². The van der Waals surface area contributed by atoms with Crippen LogP contribution in [0.4, 0.5) is 0 Å². The molecule has 1 rings (SSSR count). The average molecular weight is 248 g/mol. The van der Waals surface area contributed by atoms with Gasteiger partial charge in [0, 0.05) is 18.2 Å². The standard InChI is InChI=1S/C14H20N2O2/c1-10(16-9-14(2,3)8-15)12-7-11(18-4)5-6-13(12)17/h5-7,10,16-17H,9H2,1-4H3. The summed E-state index contributed by atoms with van der Waals surface area (Å²) < 4.78 is 5.14. The molecule has 0 radical (unpaired) electrons. The average Bonchev–Trinajstić information content (AvgIpc) is 2.36. The van der Waals surface area contributed by atoms with Crippen LogP contribution in [0.5, 0.6) is 11.5 Å². The number of hydrogen-bond acceptors (Lipinski definition) is 4. The fraction of sp³-hybridized carbons (Fsp3) is 0.500. The van der Waals surface area contributed by atoms with Crippen LogP contribution in [0.2, 0.25) is 0 Å². The Balaban J connectivity index is 2.78. The lowest BCUT2D eigenvalue weighted by Crippen LogP contribution is -2.30. The Morgan fingerprint density at radius 1 is 1.50 bits per heavy atom. The number of phenols is 1. The Labute approximate surface area is 108 Å². The predicted octanol–water partition coefficient (Wildman–Crippen LogP) is 2.60. The van der Waals surface area contributed by atoms with Crippen molar-refractivity contribution >= 4 is 0 Å². The molecule has 2 N–H and O–H groups in total.